The molecule has 4 N–H and O–H groups in total. The largest absolute Gasteiger partial charge is 0.383 e. The van der Waals surface area contributed by atoms with Gasteiger partial charge in [0.05, 0.1) is 0 Å². The molecule has 142 valence electrons. The highest BCUT2D eigenvalue weighted by Gasteiger charge is 2.43. The first-order chi connectivity index (χ1) is 12.4. The minimum Gasteiger partial charge on any atom is -0.383 e. The van der Waals surface area contributed by atoms with Gasteiger partial charge < -0.3 is 21.1 Å². The first-order valence-corrected chi connectivity index (χ1v) is 9.53. The van der Waals surface area contributed by atoms with Crippen LogP contribution in [0.2, 0.25) is 5.02 Å². The lowest BCUT2D eigenvalue weighted by Crippen LogP contribution is -2.61. The molecular formula is C19H26ClN3O3. The van der Waals surface area contributed by atoms with Gasteiger partial charge in [-0.1, -0.05) is 24.6 Å². The predicted molar refractivity (Wildman–Crippen MR) is 99.2 cm³/mol. The van der Waals surface area contributed by atoms with Gasteiger partial charge in [-0.2, -0.15) is 0 Å². The summed E-state index contributed by atoms with van der Waals surface area (Å²) in [7, 11) is 0. The highest BCUT2D eigenvalue weighted by molar-refractivity contribution is 6.30. The number of nitrogens with two attached hydrogens (primary N) is 1. The van der Waals surface area contributed by atoms with E-state index in [1.54, 1.807) is 12.1 Å². The van der Waals surface area contributed by atoms with E-state index in [1.165, 1.54) is 4.90 Å². The van der Waals surface area contributed by atoms with Crippen molar-refractivity contribution in [3.8, 4) is 0 Å². The summed E-state index contributed by atoms with van der Waals surface area (Å²) < 4.78 is 0. The second-order valence-corrected chi connectivity index (χ2v) is 7.75. The van der Waals surface area contributed by atoms with Crippen LogP contribution in [0, 0.1) is 11.8 Å². The van der Waals surface area contributed by atoms with Gasteiger partial charge in [-0.25, -0.2) is 0 Å². The van der Waals surface area contributed by atoms with Crippen LogP contribution in [0.4, 0.5) is 0 Å². The Morgan fingerprint density at radius 1 is 1.35 bits per heavy atom. The van der Waals surface area contributed by atoms with Crippen LogP contribution < -0.4 is 11.1 Å². The van der Waals surface area contributed by atoms with Gasteiger partial charge in [0.2, 0.25) is 5.91 Å². The lowest BCUT2D eigenvalue weighted by atomic mass is 9.94. The third-order valence-corrected chi connectivity index (χ3v) is 5.80. The van der Waals surface area contributed by atoms with E-state index in [1.807, 2.05) is 13.0 Å². The number of carbonyl (C=O) groups excluding carboxylic acids is 2. The van der Waals surface area contributed by atoms with Crippen LogP contribution in [0.15, 0.2) is 18.2 Å². The Hall–Kier alpha value is -1.63. The number of hydrogen-bond donors (Lipinski definition) is 3. The molecule has 1 aromatic carbocycles. The summed E-state index contributed by atoms with van der Waals surface area (Å²) >= 11 is 6.02. The van der Waals surface area contributed by atoms with Crippen molar-refractivity contribution in [1.82, 2.24) is 10.2 Å². The van der Waals surface area contributed by atoms with Crippen molar-refractivity contribution in [2.75, 3.05) is 6.54 Å². The smallest absolute Gasteiger partial charge is 0.252 e. The van der Waals surface area contributed by atoms with Gasteiger partial charge in [0.25, 0.3) is 5.91 Å². The molecule has 2 fully saturated rings. The lowest BCUT2D eigenvalue weighted by Gasteiger charge is -2.41. The van der Waals surface area contributed by atoms with Crippen molar-refractivity contribution in [2.24, 2.45) is 17.6 Å². The van der Waals surface area contributed by atoms with Crippen LogP contribution in [0.1, 0.15) is 37.3 Å². The van der Waals surface area contributed by atoms with Crippen molar-refractivity contribution in [1.29, 1.82) is 0 Å². The monoisotopic (exact) mass is 379 g/mol. The van der Waals surface area contributed by atoms with Crippen LogP contribution in [0.3, 0.4) is 0 Å². The minimum atomic E-state index is -1.02. The molecule has 1 heterocycles. The highest BCUT2D eigenvalue weighted by atomic mass is 35.5. The first kappa shape index (κ1) is 19.1. The topological polar surface area (TPSA) is 95.7 Å². The van der Waals surface area contributed by atoms with Crippen molar-refractivity contribution in [2.45, 2.75) is 51.4 Å². The number of halogens is 1. The van der Waals surface area contributed by atoms with Gasteiger partial charge in [0.15, 0.2) is 0 Å². The Kier molecular flexibility index (Phi) is 5.85. The van der Waals surface area contributed by atoms with E-state index in [0.29, 0.717) is 37.0 Å². The maximum Gasteiger partial charge on any atom is 0.252 e. The van der Waals surface area contributed by atoms with Gasteiger partial charge in [-0.3, -0.25) is 9.59 Å². The minimum absolute atomic E-state index is 0.0506. The number of hydrogen-bond acceptors (Lipinski definition) is 4. The standard InChI is InChI=1S/C19H26ClN3O3/c1-11(12-2-3-12)17(24)19(26)23-7-6-16(23)18(25)22-10-14-8-15(20)5-4-13(14)9-21/h4-5,8,11-12,16-17,24H,2-3,6-7,9-10,21H2,1H3,(H,22,25)/t11-,16-,17+/m0/s1. The molecule has 0 spiro atoms. The summed E-state index contributed by atoms with van der Waals surface area (Å²) in [5, 5.41) is 13.7. The van der Waals surface area contributed by atoms with E-state index in [4.69, 9.17) is 17.3 Å². The number of rotatable bonds is 7. The molecule has 0 aromatic heterocycles. The number of nitrogens with one attached hydrogen (secondary N) is 1. The zero-order valence-electron chi connectivity index (χ0n) is 15.0. The maximum absolute atomic E-state index is 12.5. The molecule has 0 bridgehead atoms. The molecule has 7 heteroatoms. The first-order valence-electron chi connectivity index (χ1n) is 9.16. The summed E-state index contributed by atoms with van der Waals surface area (Å²) in [6.45, 7) is 3.09. The normalized spacial score (nSPS) is 21.7. The molecule has 2 aliphatic rings. The Balaban J connectivity index is 1.56. The van der Waals surface area contributed by atoms with Gasteiger partial charge in [-0.05, 0) is 54.4 Å². The van der Waals surface area contributed by atoms with E-state index < -0.39 is 12.1 Å². The van der Waals surface area contributed by atoms with Gasteiger partial charge in [0, 0.05) is 24.7 Å². The summed E-state index contributed by atoms with van der Waals surface area (Å²) in [6.07, 6.45) is 1.73. The summed E-state index contributed by atoms with van der Waals surface area (Å²) in [5.74, 6) is -0.162. The van der Waals surface area contributed by atoms with E-state index in [-0.39, 0.29) is 17.7 Å². The Morgan fingerprint density at radius 3 is 2.65 bits per heavy atom. The van der Waals surface area contributed by atoms with E-state index in [9.17, 15) is 14.7 Å². The maximum atomic E-state index is 12.5. The Morgan fingerprint density at radius 2 is 2.08 bits per heavy atom. The molecule has 1 saturated heterocycles. The molecule has 6 nitrogen and oxygen atoms in total. The van der Waals surface area contributed by atoms with Gasteiger partial charge >= 0.3 is 0 Å². The van der Waals surface area contributed by atoms with E-state index in [2.05, 4.69) is 5.32 Å². The molecular weight excluding hydrogens is 354 g/mol. The Bertz CT molecular complexity index is 693. The number of amides is 2. The fourth-order valence-electron chi connectivity index (χ4n) is 3.46. The molecule has 0 radical (unpaired) electrons. The van der Waals surface area contributed by atoms with Crippen molar-refractivity contribution in [3.05, 3.63) is 34.3 Å². The fourth-order valence-corrected chi connectivity index (χ4v) is 3.65. The average molecular weight is 380 g/mol. The number of carbonyl (C=O) groups is 2. The third kappa shape index (κ3) is 4.03. The number of benzene rings is 1. The summed E-state index contributed by atoms with van der Waals surface area (Å²) in [6, 6.07) is 4.89. The number of likely N-dealkylation sites (tertiary alicyclic amines) is 1. The van der Waals surface area contributed by atoms with Crippen LogP contribution in [0.5, 0.6) is 0 Å². The summed E-state index contributed by atoms with van der Waals surface area (Å²) in [4.78, 5) is 26.5. The van der Waals surface area contributed by atoms with Crippen molar-refractivity contribution < 1.29 is 14.7 Å². The number of nitrogens with zero attached hydrogens (tertiary/aromatic N) is 1. The van der Waals surface area contributed by atoms with Crippen LogP contribution >= 0.6 is 11.6 Å². The number of aliphatic hydroxyl groups is 1. The predicted octanol–water partition coefficient (Wildman–Crippen LogP) is 1.42. The SMILES string of the molecule is C[C@@H](C1CC1)[C@@H](O)C(=O)N1CC[C@H]1C(=O)NCc1cc(Cl)ccc1CN. The third-order valence-electron chi connectivity index (χ3n) is 5.56. The molecule has 26 heavy (non-hydrogen) atoms. The second kappa shape index (κ2) is 7.94. The highest BCUT2D eigenvalue weighted by Crippen LogP contribution is 2.39. The lowest BCUT2D eigenvalue weighted by molar-refractivity contribution is -0.156. The zero-order valence-corrected chi connectivity index (χ0v) is 15.7. The van der Waals surface area contributed by atoms with Gasteiger partial charge in [0.1, 0.15) is 12.1 Å². The van der Waals surface area contributed by atoms with E-state index >= 15 is 0 Å². The van der Waals surface area contributed by atoms with Crippen LogP contribution in [-0.4, -0.2) is 40.5 Å². The molecule has 3 atom stereocenters. The van der Waals surface area contributed by atoms with E-state index in [0.717, 1.165) is 24.0 Å². The number of aliphatic hydroxyl groups excluding tert-OH is 1. The van der Waals surface area contributed by atoms with Crippen molar-refractivity contribution >= 4 is 23.4 Å². The van der Waals surface area contributed by atoms with Crippen LogP contribution in [-0.2, 0) is 22.7 Å². The fraction of sp³-hybridized carbons (Fsp3) is 0.579. The average Bonchev–Trinajstić information content (AvgIpc) is 3.42. The quantitative estimate of drug-likeness (QED) is 0.667. The van der Waals surface area contributed by atoms with Crippen molar-refractivity contribution in [3.63, 3.8) is 0 Å². The second-order valence-electron chi connectivity index (χ2n) is 7.31. The molecule has 2 amide bonds. The van der Waals surface area contributed by atoms with Gasteiger partial charge in [-0.15, -0.1) is 0 Å². The zero-order chi connectivity index (χ0) is 18.8. The Labute approximate surface area is 158 Å². The summed E-state index contributed by atoms with van der Waals surface area (Å²) in [5.41, 5.74) is 7.51. The molecule has 0 unspecified atom stereocenters. The molecule has 1 saturated carbocycles. The molecule has 1 aliphatic carbocycles. The van der Waals surface area contributed by atoms with Crippen LogP contribution in [0.25, 0.3) is 0 Å². The molecule has 1 aromatic rings. The molecule has 1 aliphatic heterocycles. The molecule has 3 rings (SSSR count).